The number of pyridine rings is 1. The molecule has 1 aliphatic heterocycles. The van der Waals surface area contributed by atoms with Crippen molar-refractivity contribution >= 4 is 5.69 Å². The largest absolute Gasteiger partial charge is 0.370 e. The van der Waals surface area contributed by atoms with Crippen molar-refractivity contribution in [1.82, 2.24) is 4.98 Å². The van der Waals surface area contributed by atoms with Gasteiger partial charge in [0.25, 0.3) is 0 Å². The summed E-state index contributed by atoms with van der Waals surface area (Å²) in [6.45, 7) is 3.99. The molecule has 0 bridgehead atoms. The predicted octanol–water partition coefficient (Wildman–Crippen LogP) is 3.53. The van der Waals surface area contributed by atoms with Crippen molar-refractivity contribution in [3.05, 3.63) is 47.7 Å². The van der Waals surface area contributed by atoms with E-state index in [1.807, 2.05) is 25.1 Å². The summed E-state index contributed by atoms with van der Waals surface area (Å²) >= 11 is 0. The quantitative estimate of drug-likeness (QED) is 0.832. The van der Waals surface area contributed by atoms with Gasteiger partial charge in [0.1, 0.15) is 6.07 Å². The van der Waals surface area contributed by atoms with E-state index in [2.05, 4.69) is 34.2 Å². The molecule has 100 valence electrons. The van der Waals surface area contributed by atoms with Gasteiger partial charge in [0.05, 0.1) is 22.6 Å². The molecule has 3 heteroatoms. The summed E-state index contributed by atoms with van der Waals surface area (Å²) in [7, 11) is 0. The van der Waals surface area contributed by atoms with Gasteiger partial charge in [-0.25, -0.2) is 0 Å². The van der Waals surface area contributed by atoms with Gasteiger partial charge in [0.2, 0.25) is 0 Å². The molecule has 1 fully saturated rings. The highest BCUT2D eigenvalue weighted by atomic mass is 15.1. The molecule has 2 aromatic rings. The van der Waals surface area contributed by atoms with Gasteiger partial charge in [-0.3, -0.25) is 4.98 Å². The molecule has 1 saturated heterocycles. The molecule has 1 aromatic carbocycles. The second-order valence-corrected chi connectivity index (χ2v) is 5.16. The molecular weight excluding hydrogens is 246 g/mol. The maximum absolute atomic E-state index is 9.40. The third kappa shape index (κ3) is 2.25. The van der Waals surface area contributed by atoms with Crippen LogP contribution in [-0.2, 0) is 0 Å². The molecule has 0 N–H and O–H groups in total. The van der Waals surface area contributed by atoms with E-state index in [1.165, 1.54) is 12.8 Å². The summed E-state index contributed by atoms with van der Waals surface area (Å²) in [5, 5.41) is 9.40. The predicted molar refractivity (Wildman–Crippen MR) is 80.6 cm³/mol. The van der Waals surface area contributed by atoms with Crippen LogP contribution in [-0.4, -0.2) is 18.1 Å². The highest BCUT2D eigenvalue weighted by Crippen LogP contribution is 2.30. The van der Waals surface area contributed by atoms with E-state index in [1.54, 1.807) is 0 Å². The molecular formula is C17H17N3. The van der Waals surface area contributed by atoms with E-state index in [9.17, 15) is 5.26 Å². The van der Waals surface area contributed by atoms with Crippen molar-refractivity contribution in [2.45, 2.75) is 19.8 Å². The zero-order valence-electron chi connectivity index (χ0n) is 11.6. The van der Waals surface area contributed by atoms with Crippen molar-refractivity contribution in [2.24, 2.45) is 0 Å². The molecule has 0 spiro atoms. The first-order valence-electron chi connectivity index (χ1n) is 7.01. The normalized spacial score (nSPS) is 14.3. The monoisotopic (exact) mass is 263 g/mol. The van der Waals surface area contributed by atoms with Gasteiger partial charge in [0.15, 0.2) is 0 Å². The Bertz CT molecular complexity index is 650. The smallest absolute Gasteiger partial charge is 0.103 e. The summed E-state index contributed by atoms with van der Waals surface area (Å²) in [5.74, 6) is 0. The molecule has 0 atom stereocenters. The van der Waals surface area contributed by atoms with Crippen LogP contribution in [0.2, 0.25) is 0 Å². The first-order valence-corrected chi connectivity index (χ1v) is 7.01. The van der Waals surface area contributed by atoms with Crippen molar-refractivity contribution in [1.29, 1.82) is 5.26 Å². The fraction of sp³-hybridized carbons (Fsp3) is 0.294. The minimum atomic E-state index is 0.714. The Labute approximate surface area is 119 Å². The SMILES string of the molecule is Cc1nc(-c2ccccc2)cc(N2CCCC2)c1C#N. The summed E-state index contributed by atoms with van der Waals surface area (Å²) in [6.07, 6.45) is 2.40. The van der Waals surface area contributed by atoms with E-state index in [4.69, 9.17) is 0 Å². The molecule has 20 heavy (non-hydrogen) atoms. The fourth-order valence-corrected chi connectivity index (χ4v) is 2.76. The first kappa shape index (κ1) is 12.7. The van der Waals surface area contributed by atoms with Crippen molar-refractivity contribution in [3.63, 3.8) is 0 Å². The number of hydrogen-bond donors (Lipinski definition) is 0. The van der Waals surface area contributed by atoms with Gasteiger partial charge < -0.3 is 4.90 Å². The number of hydrogen-bond acceptors (Lipinski definition) is 3. The molecule has 2 heterocycles. The summed E-state index contributed by atoms with van der Waals surface area (Å²) in [6, 6.07) is 14.5. The van der Waals surface area contributed by atoms with Crippen LogP contribution in [0.4, 0.5) is 5.69 Å². The molecule has 0 aliphatic carbocycles. The molecule has 1 aliphatic rings. The van der Waals surface area contributed by atoms with Crippen LogP contribution < -0.4 is 4.90 Å². The fourth-order valence-electron chi connectivity index (χ4n) is 2.76. The Balaban J connectivity index is 2.12. The number of nitriles is 1. The van der Waals surface area contributed by atoms with E-state index < -0.39 is 0 Å². The summed E-state index contributed by atoms with van der Waals surface area (Å²) < 4.78 is 0. The maximum atomic E-state index is 9.40. The third-order valence-electron chi connectivity index (χ3n) is 3.81. The van der Waals surface area contributed by atoms with Crippen LogP contribution in [0.25, 0.3) is 11.3 Å². The number of nitrogens with zero attached hydrogens (tertiary/aromatic N) is 3. The highest BCUT2D eigenvalue weighted by Gasteiger charge is 2.19. The second-order valence-electron chi connectivity index (χ2n) is 5.16. The van der Waals surface area contributed by atoms with Crippen LogP contribution in [0, 0.1) is 18.3 Å². The number of anilines is 1. The first-order chi connectivity index (χ1) is 9.79. The van der Waals surface area contributed by atoms with Crippen LogP contribution in [0.15, 0.2) is 36.4 Å². The number of aromatic nitrogens is 1. The second kappa shape index (κ2) is 5.34. The lowest BCUT2D eigenvalue weighted by molar-refractivity contribution is 0.949. The Hall–Kier alpha value is -2.34. The van der Waals surface area contributed by atoms with Gasteiger partial charge in [-0.1, -0.05) is 30.3 Å². The molecule has 0 saturated carbocycles. The van der Waals surface area contributed by atoms with E-state index in [-0.39, 0.29) is 0 Å². The topological polar surface area (TPSA) is 39.9 Å². The van der Waals surface area contributed by atoms with Crippen molar-refractivity contribution < 1.29 is 0 Å². The number of aryl methyl sites for hydroxylation is 1. The van der Waals surface area contributed by atoms with Crippen molar-refractivity contribution in [3.8, 4) is 17.3 Å². The molecule has 3 rings (SSSR count). The molecule has 0 amide bonds. The van der Waals surface area contributed by atoms with E-state index in [0.29, 0.717) is 5.56 Å². The van der Waals surface area contributed by atoms with E-state index >= 15 is 0 Å². The summed E-state index contributed by atoms with van der Waals surface area (Å²) in [4.78, 5) is 6.90. The van der Waals surface area contributed by atoms with E-state index in [0.717, 1.165) is 35.7 Å². The number of benzene rings is 1. The Morgan fingerprint density at radius 1 is 1.15 bits per heavy atom. The third-order valence-corrected chi connectivity index (χ3v) is 3.81. The van der Waals surface area contributed by atoms with Crippen molar-refractivity contribution in [2.75, 3.05) is 18.0 Å². The Kier molecular flexibility index (Phi) is 3.39. The zero-order chi connectivity index (χ0) is 13.9. The lowest BCUT2D eigenvalue weighted by Gasteiger charge is -2.20. The molecule has 1 aromatic heterocycles. The Morgan fingerprint density at radius 3 is 2.50 bits per heavy atom. The van der Waals surface area contributed by atoms with Crippen LogP contribution >= 0.6 is 0 Å². The molecule has 0 radical (unpaired) electrons. The van der Waals surface area contributed by atoms with Gasteiger partial charge >= 0.3 is 0 Å². The highest BCUT2D eigenvalue weighted by molar-refractivity contribution is 5.70. The Morgan fingerprint density at radius 2 is 1.85 bits per heavy atom. The average Bonchev–Trinajstić information content (AvgIpc) is 3.01. The zero-order valence-corrected chi connectivity index (χ0v) is 11.6. The van der Waals surface area contributed by atoms with Gasteiger partial charge in [0, 0.05) is 18.7 Å². The maximum Gasteiger partial charge on any atom is 0.103 e. The van der Waals surface area contributed by atoms with Crippen LogP contribution in [0.3, 0.4) is 0 Å². The minimum Gasteiger partial charge on any atom is -0.370 e. The van der Waals surface area contributed by atoms with Gasteiger partial charge in [-0.05, 0) is 25.8 Å². The lowest BCUT2D eigenvalue weighted by atomic mass is 10.1. The lowest BCUT2D eigenvalue weighted by Crippen LogP contribution is -2.19. The average molecular weight is 263 g/mol. The van der Waals surface area contributed by atoms with Gasteiger partial charge in [-0.2, -0.15) is 5.26 Å². The molecule has 3 nitrogen and oxygen atoms in total. The standard InChI is InChI=1S/C17H17N3/c1-13-15(12-18)17(20-9-5-6-10-20)11-16(19-13)14-7-3-2-4-8-14/h2-4,7-8,11H,5-6,9-10H2,1H3. The van der Waals surface area contributed by atoms with Crippen LogP contribution in [0.1, 0.15) is 24.1 Å². The number of rotatable bonds is 2. The van der Waals surface area contributed by atoms with Crippen LogP contribution in [0.5, 0.6) is 0 Å². The van der Waals surface area contributed by atoms with Gasteiger partial charge in [-0.15, -0.1) is 0 Å². The summed E-state index contributed by atoms with van der Waals surface area (Å²) in [5.41, 5.74) is 4.61. The minimum absolute atomic E-state index is 0.714. The molecule has 0 unspecified atom stereocenters.